The largest absolute Gasteiger partial charge is 0.478 e. The number of aliphatic carboxylic acids is 1. The Morgan fingerprint density at radius 2 is 2.43 bits per heavy atom. The van der Waals surface area contributed by atoms with Crippen LogP contribution in [-0.2, 0) is 11.3 Å². The number of likely N-dealkylation sites (N-methyl/N-ethyl adjacent to an activating group) is 2. The lowest BCUT2D eigenvalue weighted by Crippen LogP contribution is -2.38. The molecule has 4 nitrogen and oxygen atoms in total. The van der Waals surface area contributed by atoms with Crippen molar-refractivity contribution in [2.24, 2.45) is 0 Å². The van der Waals surface area contributed by atoms with E-state index in [1.807, 2.05) is 5.38 Å². The van der Waals surface area contributed by atoms with Gasteiger partial charge in [0.2, 0.25) is 0 Å². The van der Waals surface area contributed by atoms with Crippen molar-refractivity contribution in [3.63, 3.8) is 0 Å². The maximum Gasteiger partial charge on any atom is 0.328 e. The van der Waals surface area contributed by atoms with E-state index in [0.717, 1.165) is 25.2 Å². The van der Waals surface area contributed by atoms with Gasteiger partial charge in [-0.25, -0.2) is 4.79 Å². The Morgan fingerprint density at radius 3 is 3.14 bits per heavy atom. The first-order valence-corrected chi connectivity index (χ1v) is 8.37. The van der Waals surface area contributed by atoms with Crippen molar-refractivity contribution >= 4 is 23.4 Å². The quantitative estimate of drug-likeness (QED) is 0.787. The van der Waals surface area contributed by atoms with Crippen molar-refractivity contribution in [3.8, 4) is 0 Å². The smallest absolute Gasteiger partial charge is 0.328 e. The molecular weight excluding hydrogens is 284 g/mol. The van der Waals surface area contributed by atoms with Crippen LogP contribution in [0.4, 0.5) is 0 Å². The molecule has 0 spiro atoms. The van der Waals surface area contributed by atoms with Gasteiger partial charge in [-0.2, -0.15) is 0 Å². The second-order valence-corrected chi connectivity index (χ2v) is 6.64. The summed E-state index contributed by atoms with van der Waals surface area (Å²) in [6, 6.07) is 2.76. The fraction of sp³-hybridized carbons (Fsp3) is 0.562. The zero-order chi connectivity index (χ0) is 15.2. The van der Waals surface area contributed by atoms with Crippen LogP contribution in [0.25, 0.3) is 6.08 Å². The van der Waals surface area contributed by atoms with Crippen molar-refractivity contribution in [2.45, 2.75) is 32.4 Å². The zero-order valence-electron chi connectivity index (χ0n) is 12.8. The summed E-state index contributed by atoms with van der Waals surface area (Å²) in [7, 11) is 2.17. The van der Waals surface area contributed by atoms with Crippen LogP contribution in [-0.4, -0.2) is 53.6 Å². The van der Waals surface area contributed by atoms with Gasteiger partial charge in [-0.15, -0.1) is 11.3 Å². The summed E-state index contributed by atoms with van der Waals surface area (Å²) in [6.45, 7) is 6.64. The number of likely N-dealkylation sites (tertiary alicyclic amines) is 1. The molecule has 0 radical (unpaired) electrons. The van der Waals surface area contributed by atoms with Gasteiger partial charge in [-0.1, -0.05) is 6.92 Å². The van der Waals surface area contributed by atoms with Crippen LogP contribution in [0.15, 0.2) is 17.5 Å². The van der Waals surface area contributed by atoms with Crippen molar-refractivity contribution in [1.82, 2.24) is 9.80 Å². The Kier molecular flexibility index (Phi) is 5.96. The van der Waals surface area contributed by atoms with Crippen molar-refractivity contribution in [2.75, 3.05) is 26.7 Å². The summed E-state index contributed by atoms with van der Waals surface area (Å²) in [6.07, 6.45) is 5.45. The average Bonchev–Trinajstić information content (AvgIpc) is 3.05. The molecule has 21 heavy (non-hydrogen) atoms. The van der Waals surface area contributed by atoms with Gasteiger partial charge < -0.3 is 5.11 Å². The minimum Gasteiger partial charge on any atom is -0.478 e. The van der Waals surface area contributed by atoms with Gasteiger partial charge >= 0.3 is 5.97 Å². The molecule has 2 rings (SSSR count). The van der Waals surface area contributed by atoms with Gasteiger partial charge in [-0.05, 0) is 56.1 Å². The molecule has 0 saturated carbocycles. The van der Waals surface area contributed by atoms with E-state index in [1.165, 1.54) is 30.3 Å². The number of carboxylic acid groups (broad SMARTS) is 1. The molecule has 2 heterocycles. The third-order valence-electron chi connectivity index (χ3n) is 3.95. The summed E-state index contributed by atoms with van der Waals surface area (Å²) in [5.74, 6) is -0.902. The van der Waals surface area contributed by atoms with Crippen LogP contribution in [0.2, 0.25) is 0 Å². The number of hydrogen-bond donors (Lipinski definition) is 1. The molecule has 1 saturated heterocycles. The standard InChI is InChI=1S/C16H24N2O2S/c1-3-18-8-4-5-14(18)10-17(2)11-15-9-13(12-21-15)6-7-16(19)20/h6-7,9,12,14H,3-5,8,10-11H2,1-2H3,(H,19,20). The molecule has 1 aliphatic rings. The molecule has 1 unspecified atom stereocenters. The van der Waals surface area contributed by atoms with Crippen LogP contribution < -0.4 is 0 Å². The normalized spacial score (nSPS) is 19.9. The summed E-state index contributed by atoms with van der Waals surface area (Å²) >= 11 is 1.69. The molecule has 0 aromatic carbocycles. The predicted molar refractivity (Wildman–Crippen MR) is 87.6 cm³/mol. The summed E-state index contributed by atoms with van der Waals surface area (Å²) in [5, 5.41) is 10.6. The molecule has 116 valence electrons. The molecule has 0 bridgehead atoms. The van der Waals surface area contributed by atoms with E-state index in [9.17, 15) is 4.79 Å². The molecule has 1 aromatic rings. The zero-order valence-corrected chi connectivity index (χ0v) is 13.6. The topological polar surface area (TPSA) is 43.8 Å². The maximum absolute atomic E-state index is 10.5. The van der Waals surface area contributed by atoms with E-state index in [0.29, 0.717) is 6.04 Å². The number of hydrogen-bond acceptors (Lipinski definition) is 4. The Morgan fingerprint density at radius 1 is 1.62 bits per heavy atom. The number of rotatable bonds is 7. The molecule has 1 aliphatic heterocycles. The van der Waals surface area contributed by atoms with E-state index in [1.54, 1.807) is 17.4 Å². The van der Waals surface area contributed by atoms with Crippen LogP contribution in [0.3, 0.4) is 0 Å². The van der Waals surface area contributed by atoms with Crippen molar-refractivity contribution in [3.05, 3.63) is 28.0 Å². The van der Waals surface area contributed by atoms with Crippen molar-refractivity contribution < 1.29 is 9.90 Å². The van der Waals surface area contributed by atoms with Crippen LogP contribution in [0.1, 0.15) is 30.2 Å². The lowest BCUT2D eigenvalue weighted by molar-refractivity contribution is -0.131. The number of thiophene rings is 1. The SMILES string of the molecule is CCN1CCCC1CN(C)Cc1cc(C=CC(=O)O)cs1. The lowest BCUT2D eigenvalue weighted by Gasteiger charge is -2.27. The van der Waals surface area contributed by atoms with Gasteiger partial charge in [0.05, 0.1) is 0 Å². The highest BCUT2D eigenvalue weighted by atomic mass is 32.1. The Hall–Kier alpha value is -1.17. The van der Waals surface area contributed by atoms with Gasteiger partial charge in [0.25, 0.3) is 0 Å². The first-order valence-electron chi connectivity index (χ1n) is 7.49. The maximum atomic E-state index is 10.5. The molecule has 0 amide bonds. The lowest BCUT2D eigenvalue weighted by atomic mass is 10.2. The van der Waals surface area contributed by atoms with Crippen LogP contribution >= 0.6 is 11.3 Å². The number of carboxylic acids is 1. The fourth-order valence-electron chi connectivity index (χ4n) is 2.94. The van der Waals surface area contributed by atoms with E-state index in [4.69, 9.17) is 5.11 Å². The predicted octanol–water partition coefficient (Wildman–Crippen LogP) is 2.76. The van der Waals surface area contributed by atoms with E-state index >= 15 is 0 Å². The molecule has 1 N–H and O–H groups in total. The Labute approximate surface area is 130 Å². The summed E-state index contributed by atoms with van der Waals surface area (Å²) < 4.78 is 0. The van der Waals surface area contributed by atoms with Gasteiger partial charge in [0, 0.05) is 30.1 Å². The Bertz CT molecular complexity index is 498. The fourth-order valence-corrected chi connectivity index (χ4v) is 3.88. The van der Waals surface area contributed by atoms with Gasteiger partial charge in [0.1, 0.15) is 0 Å². The second-order valence-electron chi connectivity index (χ2n) is 5.64. The molecule has 1 aromatic heterocycles. The highest BCUT2D eigenvalue weighted by Gasteiger charge is 2.23. The van der Waals surface area contributed by atoms with Crippen LogP contribution in [0, 0.1) is 0 Å². The number of nitrogens with zero attached hydrogens (tertiary/aromatic N) is 2. The van der Waals surface area contributed by atoms with E-state index in [2.05, 4.69) is 29.8 Å². The molecule has 0 aliphatic carbocycles. The minimum absolute atomic E-state index is 0.686. The first-order chi connectivity index (χ1) is 10.1. The Balaban J connectivity index is 1.85. The highest BCUT2D eigenvalue weighted by Crippen LogP contribution is 2.20. The summed E-state index contributed by atoms with van der Waals surface area (Å²) in [5.41, 5.74) is 0.974. The molecular formula is C16H24N2O2S. The average molecular weight is 308 g/mol. The molecule has 1 fully saturated rings. The monoisotopic (exact) mass is 308 g/mol. The third-order valence-corrected chi connectivity index (χ3v) is 4.89. The first kappa shape index (κ1) is 16.2. The molecule has 1 atom stereocenters. The minimum atomic E-state index is -0.902. The van der Waals surface area contributed by atoms with E-state index < -0.39 is 5.97 Å². The van der Waals surface area contributed by atoms with Gasteiger partial charge in [-0.3, -0.25) is 9.80 Å². The third kappa shape index (κ3) is 4.95. The molecule has 5 heteroatoms. The van der Waals surface area contributed by atoms with E-state index in [-0.39, 0.29) is 0 Å². The van der Waals surface area contributed by atoms with Crippen LogP contribution in [0.5, 0.6) is 0 Å². The number of carbonyl (C=O) groups is 1. The van der Waals surface area contributed by atoms with Gasteiger partial charge in [0.15, 0.2) is 0 Å². The highest BCUT2D eigenvalue weighted by molar-refractivity contribution is 7.10. The second kappa shape index (κ2) is 7.73. The summed E-state index contributed by atoms with van der Waals surface area (Å²) in [4.78, 5) is 16.7. The van der Waals surface area contributed by atoms with Crippen molar-refractivity contribution in [1.29, 1.82) is 0 Å².